The lowest BCUT2D eigenvalue weighted by molar-refractivity contribution is -0.122. The molecule has 1 aromatic carbocycles. The molecule has 0 saturated carbocycles. The van der Waals surface area contributed by atoms with E-state index in [-0.39, 0.29) is 11.9 Å². The maximum atomic E-state index is 12.1. The number of nitrogens with zero attached hydrogens (tertiary/aromatic N) is 3. The quantitative estimate of drug-likeness (QED) is 0.480. The molecule has 32 heavy (non-hydrogen) atoms. The Bertz CT molecular complexity index is 726. The van der Waals surface area contributed by atoms with Gasteiger partial charge in [-0.3, -0.25) is 19.1 Å². The van der Waals surface area contributed by atoms with Crippen LogP contribution >= 0.6 is 0 Å². The highest BCUT2D eigenvalue weighted by Crippen LogP contribution is 2.30. The standard InChI is InChI=1S/C27H48N4O/c1-8-11-23(12-9-2)20-30-16-15-29(18-22(30)5)19-24-14-13-21(4)26(17-24)31(6,7)25(10-3)27(28)32/h13-14,17,22-23,25H,8-12,15-16,18-20H2,1-7H3,(H-,28,32)/p+1. The van der Waals surface area contributed by atoms with Gasteiger partial charge in [0.15, 0.2) is 6.04 Å². The van der Waals surface area contributed by atoms with E-state index in [2.05, 4.69) is 69.8 Å². The highest BCUT2D eigenvalue weighted by atomic mass is 16.1. The summed E-state index contributed by atoms with van der Waals surface area (Å²) in [5, 5.41) is 0. The minimum absolute atomic E-state index is 0.216. The molecule has 1 aliphatic rings. The molecule has 1 heterocycles. The van der Waals surface area contributed by atoms with E-state index in [0.717, 1.165) is 38.5 Å². The summed E-state index contributed by atoms with van der Waals surface area (Å²) in [4.78, 5) is 17.4. The van der Waals surface area contributed by atoms with E-state index < -0.39 is 0 Å². The molecule has 1 fully saturated rings. The van der Waals surface area contributed by atoms with Crippen molar-refractivity contribution in [2.24, 2.45) is 11.7 Å². The van der Waals surface area contributed by atoms with E-state index in [1.807, 2.05) is 6.92 Å². The molecule has 1 amide bonds. The second-order valence-corrected chi connectivity index (χ2v) is 10.5. The van der Waals surface area contributed by atoms with Crippen molar-refractivity contribution in [2.45, 2.75) is 85.4 Å². The van der Waals surface area contributed by atoms with Crippen LogP contribution in [0, 0.1) is 12.8 Å². The fraction of sp³-hybridized carbons (Fsp3) is 0.741. The first-order chi connectivity index (χ1) is 15.1. The Morgan fingerprint density at radius 3 is 2.34 bits per heavy atom. The molecule has 0 aromatic heterocycles. The van der Waals surface area contributed by atoms with Crippen LogP contribution in [0.1, 0.15) is 70.9 Å². The van der Waals surface area contributed by atoms with Gasteiger partial charge in [-0.15, -0.1) is 0 Å². The van der Waals surface area contributed by atoms with E-state index >= 15 is 0 Å². The van der Waals surface area contributed by atoms with Crippen LogP contribution in [0.3, 0.4) is 0 Å². The van der Waals surface area contributed by atoms with Crippen molar-refractivity contribution in [3.63, 3.8) is 0 Å². The molecule has 2 N–H and O–H groups in total. The number of likely N-dealkylation sites (N-methyl/N-ethyl adjacent to an activating group) is 1. The van der Waals surface area contributed by atoms with Crippen LogP contribution in [-0.4, -0.2) is 68.1 Å². The van der Waals surface area contributed by atoms with E-state index in [0.29, 0.717) is 10.5 Å². The molecular formula is C27H49N4O+. The third-order valence-corrected chi connectivity index (χ3v) is 7.53. The van der Waals surface area contributed by atoms with Gasteiger partial charge in [0.1, 0.15) is 5.69 Å². The zero-order valence-electron chi connectivity index (χ0n) is 21.9. The van der Waals surface area contributed by atoms with Crippen molar-refractivity contribution in [3.05, 3.63) is 29.3 Å². The first-order valence-electron chi connectivity index (χ1n) is 12.8. The number of carbonyl (C=O) groups excluding carboxylic acids is 1. The smallest absolute Gasteiger partial charge is 0.276 e. The maximum absolute atomic E-state index is 12.1. The van der Waals surface area contributed by atoms with Crippen LogP contribution in [0.5, 0.6) is 0 Å². The van der Waals surface area contributed by atoms with Crippen molar-refractivity contribution in [1.82, 2.24) is 14.3 Å². The largest absolute Gasteiger partial charge is 0.364 e. The van der Waals surface area contributed by atoms with Gasteiger partial charge in [-0.05, 0) is 38.2 Å². The van der Waals surface area contributed by atoms with E-state index in [9.17, 15) is 4.79 Å². The Morgan fingerprint density at radius 2 is 1.81 bits per heavy atom. The lowest BCUT2D eigenvalue weighted by Gasteiger charge is -2.41. The van der Waals surface area contributed by atoms with Gasteiger partial charge in [-0.25, -0.2) is 0 Å². The van der Waals surface area contributed by atoms with Crippen LogP contribution < -0.4 is 10.2 Å². The average Bonchev–Trinajstić information content (AvgIpc) is 2.71. The van der Waals surface area contributed by atoms with E-state index in [1.54, 1.807) is 0 Å². The molecule has 5 nitrogen and oxygen atoms in total. The molecule has 182 valence electrons. The van der Waals surface area contributed by atoms with Crippen molar-refractivity contribution in [1.29, 1.82) is 0 Å². The molecule has 0 radical (unpaired) electrons. The van der Waals surface area contributed by atoms with Crippen LogP contribution in [0.4, 0.5) is 5.69 Å². The number of rotatable bonds is 12. The number of hydrogen-bond donors (Lipinski definition) is 1. The highest BCUT2D eigenvalue weighted by Gasteiger charge is 2.35. The molecular weight excluding hydrogens is 396 g/mol. The normalized spacial score (nSPS) is 19.4. The summed E-state index contributed by atoms with van der Waals surface area (Å²) in [6, 6.07) is 7.14. The Labute approximate surface area is 197 Å². The molecule has 0 spiro atoms. The van der Waals surface area contributed by atoms with Crippen LogP contribution in [-0.2, 0) is 11.3 Å². The Balaban J connectivity index is 2.07. The first-order valence-corrected chi connectivity index (χ1v) is 12.8. The summed E-state index contributed by atoms with van der Waals surface area (Å²) in [6.07, 6.45) is 6.02. The number of amides is 1. The van der Waals surface area contributed by atoms with Crippen LogP contribution in [0.2, 0.25) is 0 Å². The molecule has 1 aliphatic heterocycles. The summed E-state index contributed by atoms with van der Waals surface area (Å²) in [7, 11) is 4.21. The van der Waals surface area contributed by atoms with Gasteiger partial charge in [0, 0.05) is 56.8 Å². The Morgan fingerprint density at radius 1 is 1.16 bits per heavy atom. The van der Waals surface area contributed by atoms with Gasteiger partial charge in [0.2, 0.25) is 0 Å². The predicted octanol–water partition coefficient (Wildman–Crippen LogP) is 4.55. The van der Waals surface area contributed by atoms with Crippen molar-refractivity contribution in [3.8, 4) is 0 Å². The summed E-state index contributed by atoms with van der Waals surface area (Å²) >= 11 is 0. The lowest BCUT2D eigenvalue weighted by Crippen LogP contribution is -2.56. The predicted molar refractivity (Wildman–Crippen MR) is 138 cm³/mol. The third kappa shape index (κ3) is 6.79. The number of hydrogen-bond acceptors (Lipinski definition) is 3. The van der Waals surface area contributed by atoms with Gasteiger partial charge in [-0.2, -0.15) is 0 Å². The SMILES string of the molecule is CCCC(CCC)CN1CCN(Cc2ccc(C)c([N+](C)(C)C(CC)C(N)=O)c2)CC1C. The van der Waals surface area contributed by atoms with Crippen LogP contribution in [0.15, 0.2) is 18.2 Å². The fourth-order valence-electron chi connectivity index (χ4n) is 5.74. The molecule has 1 saturated heterocycles. The zero-order valence-corrected chi connectivity index (χ0v) is 21.9. The summed E-state index contributed by atoms with van der Waals surface area (Å²) in [5.74, 6) is 0.618. The van der Waals surface area contributed by atoms with Gasteiger partial charge in [-0.1, -0.05) is 45.7 Å². The number of nitrogens with two attached hydrogens (primary N) is 1. The fourth-order valence-corrected chi connectivity index (χ4v) is 5.74. The van der Waals surface area contributed by atoms with E-state index in [4.69, 9.17) is 5.73 Å². The Hall–Kier alpha value is -1.43. The molecule has 1 aromatic rings. The maximum Gasteiger partial charge on any atom is 0.276 e. The van der Waals surface area contributed by atoms with Gasteiger partial charge in [0.25, 0.3) is 5.91 Å². The number of aryl methyl sites for hydroxylation is 1. The summed E-state index contributed by atoms with van der Waals surface area (Å²) in [6.45, 7) is 16.8. The topological polar surface area (TPSA) is 49.6 Å². The van der Waals surface area contributed by atoms with Gasteiger partial charge >= 0.3 is 0 Å². The molecule has 0 aliphatic carbocycles. The van der Waals surface area contributed by atoms with Crippen LogP contribution in [0.25, 0.3) is 0 Å². The van der Waals surface area contributed by atoms with Crippen molar-refractivity contribution in [2.75, 3.05) is 40.3 Å². The minimum Gasteiger partial charge on any atom is -0.364 e. The molecule has 2 unspecified atom stereocenters. The molecule has 2 rings (SSSR count). The average molecular weight is 446 g/mol. The minimum atomic E-state index is -0.225. The van der Waals surface area contributed by atoms with Crippen molar-refractivity contribution < 1.29 is 4.79 Å². The number of primary amides is 1. The number of quaternary nitrogens is 1. The van der Waals surface area contributed by atoms with Gasteiger partial charge < -0.3 is 5.73 Å². The number of benzene rings is 1. The number of piperazine rings is 1. The molecule has 0 bridgehead atoms. The highest BCUT2D eigenvalue weighted by molar-refractivity contribution is 5.82. The number of carbonyl (C=O) groups is 1. The van der Waals surface area contributed by atoms with Crippen molar-refractivity contribution >= 4 is 11.6 Å². The lowest BCUT2D eigenvalue weighted by atomic mass is 9.96. The second-order valence-electron chi connectivity index (χ2n) is 10.5. The van der Waals surface area contributed by atoms with E-state index in [1.165, 1.54) is 49.0 Å². The molecule has 5 heteroatoms. The summed E-state index contributed by atoms with van der Waals surface area (Å²) < 4.78 is 0.506. The van der Waals surface area contributed by atoms with Gasteiger partial charge in [0.05, 0.1) is 14.1 Å². The Kier molecular flexibility index (Phi) is 10.2. The second kappa shape index (κ2) is 12.2. The summed E-state index contributed by atoms with van der Waals surface area (Å²) in [5.41, 5.74) is 9.48. The zero-order chi connectivity index (χ0) is 23.9. The third-order valence-electron chi connectivity index (χ3n) is 7.53. The monoisotopic (exact) mass is 445 g/mol. The molecule has 2 atom stereocenters. The first kappa shape index (κ1) is 26.8.